The number of carbonyl (C=O) groups excluding carboxylic acids is 1. The molecule has 0 atom stereocenters. The van der Waals surface area contributed by atoms with Crippen LogP contribution >= 0.6 is 0 Å². The maximum atomic E-state index is 10.8. The summed E-state index contributed by atoms with van der Waals surface area (Å²) in [7, 11) is 0. The van der Waals surface area contributed by atoms with Crippen LogP contribution < -0.4 is 0 Å². The number of esters is 1. The van der Waals surface area contributed by atoms with E-state index in [1.807, 2.05) is 0 Å². The molecule has 0 saturated heterocycles. The highest BCUT2D eigenvalue weighted by Gasteiger charge is 2.40. The summed E-state index contributed by atoms with van der Waals surface area (Å²) >= 11 is 0. The first-order valence-corrected chi connectivity index (χ1v) is 3.06. The second-order valence-electron chi connectivity index (χ2n) is 2.74. The molecule has 0 bridgehead atoms. The third-order valence-corrected chi connectivity index (χ3v) is 1.47. The molecule has 0 aromatic heterocycles. The molecule has 0 radical (unpaired) electrons. The Morgan fingerprint density at radius 1 is 1.64 bits per heavy atom. The number of cyclic esters (lactones) is 1. The lowest BCUT2D eigenvalue weighted by atomic mass is 10.1. The molecule has 0 saturated carbocycles. The summed E-state index contributed by atoms with van der Waals surface area (Å²) < 4.78 is 4.68. The first-order valence-electron chi connectivity index (χ1n) is 3.06. The zero-order chi connectivity index (χ0) is 8.65. The molecule has 1 rings (SSSR count). The number of nitrogens with zero attached hydrogens (tertiary/aromatic N) is 1. The topological polar surface area (TPSA) is 70.3 Å². The molecule has 1 N–H and O–H groups in total. The van der Waals surface area contributed by atoms with Gasteiger partial charge in [0.15, 0.2) is 16.9 Å². The minimum Gasteiger partial charge on any atom is -0.507 e. The Balaban J connectivity index is 3.18. The molecule has 0 aromatic carbocycles. The number of hydrogen-bond donors (Lipinski definition) is 1. The van der Waals surface area contributed by atoms with Crippen LogP contribution in [0.4, 0.5) is 0 Å². The van der Waals surface area contributed by atoms with Crippen LogP contribution in [0.25, 0.3) is 0 Å². The molecule has 1 heterocycles. The highest BCUT2D eigenvalue weighted by Crippen LogP contribution is 2.29. The van der Waals surface area contributed by atoms with Gasteiger partial charge in [-0.1, -0.05) is 0 Å². The van der Waals surface area contributed by atoms with E-state index in [9.17, 15) is 9.90 Å². The average molecular weight is 153 g/mol. The Kier molecular flexibility index (Phi) is 1.38. The number of carbonyl (C=O) groups is 1. The van der Waals surface area contributed by atoms with Gasteiger partial charge in [-0.15, -0.1) is 0 Å². The van der Waals surface area contributed by atoms with Gasteiger partial charge in [0.05, 0.1) is 0 Å². The molecule has 4 heteroatoms. The van der Waals surface area contributed by atoms with Gasteiger partial charge in [0.25, 0.3) is 0 Å². The van der Waals surface area contributed by atoms with Gasteiger partial charge in [-0.2, -0.15) is 5.26 Å². The maximum absolute atomic E-state index is 10.8. The summed E-state index contributed by atoms with van der Waals surface area (Å²) in [6.07, 6.45) is 0. The van der Waals surface area contributed by atoms with Crippen molar-refractivity contribution in [3.63, 3.8) is 0 Å². The normalized spacial score (nSPS) is 21.4. The van der Waals surface area contributed by atoms with E-state index < -0.39 is 11.6 Å². The lowest BCUT2D eigenvalue weighted by molar-refractivity contribution is -0.145. The number of nitriles is 1. The molecule has 0 amide bonds. The second kappa shape index (κ2) is 1.99. The molecule has 0 spiro atoms. The third-order valence-electron chi connectivity index (χ3n) is 1.47. The third kappa shape index (κ3) is 0.944. The van der Waals surface area contributed by atoms with Crippen LogP contribution in [-0.2, 0) is 9.53 Å². The van der Waals surface area contributed by atoms with Crippen molar-refractivity contribution in [3.05, 3.63) is 11.3 Å². The van der Waals surface area contributed by atoms with E-state index in [1.54, 1.807) is 6.07 Å². The van der Waals surface area contributed by atoms with E-state index in [1.165, 1.54) is 13.8 Å². The van der Waals surface area contributed by atoms with Crippen molar-refractivity contribution in [1.82, 2.24) is 0 Å². The Morgan fingerprint density at radius 3 is 2.36 bits per heavy atom. The molecule has 0 fully saturated rings. The van der Waals surface area contributed by atoms with Gasteiger partial charge in [0.2, 0.25) is 0 Å². The molecule has 58 valence electrons. The number of ether oxygens (including phenoxy) is 1. The Bertz CT molecular complexity index is 283. The highest BCUT2D eigenvalue weighted by molar-refractivity contribution is 5.96. The molecular formula is C7H7NO3. The predicted octanol–water partition coefficient (Wildman–Crippen LogP) is 0.657. The second-order valence-corrected chi connectivity index (χ2v) is 2.74. The Labute approximate surface area is 63.7 Å². The summed E-state index contributed by atoms with van der Waals surface area (Å²) in [5, 5.41) is 17.6. The van der Waals surface area contributed by atoms with Crippen LogP contribution in [0.2, 0.25) is 0 Å². The van der Waals surface area contributed by atoms with Crippen molar-refractivity contribution in [3.8, 4) is 6.07 Å². The summed E-state index contributed by atoms with van der Waals surface area (Å²) in [5.74, 6) is -1.04. The molecule has 1 aliphatic rings. The van der Waals surface area contributed by atoms with Crippen molar-refractivity contribution in [2.75, 3.05) is 0 Å². The van der Waals surface area contributed by atoms with Gasteiger partial charge in [-0.25, -0.2) is 4.79 Å². The molecule has 4 nitrogen and oxygen atoms in total. The van der Waals surface area contributed by atoms with E-state index in [0.717, 1.165) is 0 Å². The number of rotatable bonds is 0. The van der Waals surface area contributed by atoms with Crippen LogP contribution in [-0.4, -0.2) is 16.7 Å². The molecule has 11 heavy (non-hydrogen) atoms. The number of aliphatic hydroxyl groups excluding tert-OH is 1. The van der Waals surface area contributed by atoms with Crippen molar-refractivity contribution in [2.45, 2.75) is 19.4 Å². The van der Waals surface area contributed by atoms with Crippen LogP contribution in [0.15, 0.2) is 11.3 Å². The minimum absolute atomic E-state index is 0.287. The van der Waals surface area contributed by atoms with Crippen LogP contribution in [0.3, 0.4) is 0 Å². The van der Waals surface area contributed by atoms with E-state index >= 15 is 0 Å². The first kappa shape index (κ1) is 7.61. The largest absolute Gasteiger partial charge is 0.507 e. The molecular weight excluding hydrogens is 146 g/mol. The summed E-state index contributed by atoms with van der Waals surface area (Å²) in [4.78, 5) is 10.8. The van der Waals surface area contributed by atoms with Gasteiger partial charge in [0.1, 0.15) is 6.07 Å². The van der Waals surface area contributed by atoms with Crippen LogP contribution in [0, 0.1) is 11.3 Å². The van der Waals surface area contributed by atoms with Crippen molar-refractivity contribution in [2.24, 2.45) is 0 Å². The van der Waals surface area contributed by atoms with E-state index in [-0.39, 0.29) is 11.3 Å². The minimum atomic E-state index is -1.04. The molecule has 0 unspecified atom stereocenters. The fourth-order valence-corrected chi connectivity index (χ4v) is 0.827. The smallest absolute Gasteiger partial charge is 0.353 e. The van der Waals surface area contributed by atoms with Gasteiger partial charge < -0.3 is 9.84 Å². The number of hydrogen-bond acceptors (Lipinski definition) is 4. The average Bonchev–Trinajstić information content (AvgIpc) is 2.04. The summed E-state index contributed by atoms with van der Waals surface area (Å²) in [6, 6.07) is 1.57. The fraction of sp³-hybridized carbons (Fsp3) is 0.429. The lowest BCUT2D eigenvalue weighted by Crippen LogP contribution is -2.22. The maximum Gasteiger partial charge on any atom is 0.353 e. The van der Waals surface area contributed by atoms with Crippen molar-refractivity contribution in [1.29, 1.82) is 5.26 Å². The molecule has 1 aliphatic heterocycles. The highest BCUT2D eigenvalue weighted by atomic mass is 16.6. The van der Waals surface area contributed by atoms with Crippen LogP contribution in [0.1, 0.15) is 13.8 Å². The quantitative estimate of drug-likeness (QED) is 0.519. The fourth-order valence-electron chi connectivity index (χ4n) is 0.827. The van der Waals surface area contributed by atoms with Gasteiger partial charge >= 0.3 is 5.97 Å². The van der Waals surface area contributed by atoms with Crippen molar-refractivity contribution < 1.29 is 14.6 Å². The van der Waals surface area contributed by atoms with Gasteiger partial charge in [0, 0.05) is 0 Å². The number of aliphatic hydroxyl groups is 1. The predicted molar refractivity (Wildman–Crippen MR) is 35.4 cm³/mol. The Morgan fingerprint density at radius 2 is 2.18 bits per heavy atom. The van der Waals surface area contributed by atoms with E-state index in [2.05, 4.69) is 4.74 Å². The SMILES string of the molecule is CC1(C)OC(=O)C(C#N)=C1O. The molecule has 0 aliphatic carbocycles. The molecule has 0 aromatic rings. The zero-order valence-corrected chi connectivity index (χ0v) is 6.21. The van der Waals surface area contributed by atoms with Gasteiger partial charge in [-0.3, -0.25) is 0 Å². The van der Waals surface area contributed by atoms with Gasteiger partial charge in [-0.05, 0) is 13.8 Å². The Hall–Kier alpha value is -1.50. The summed E-state index contributed by atoms with van der Waals surface area (Å²) in [6.45, 7) is 3.04. The van der Waals surface area contributed by atoms with E-state index in [0.29, 0.717) is 0 Å². The summed E-state index contributed by atoms with van der Waals surface area (Å²) in [5.41, 5.74) is -1.34. The van der Waals surface area contributed by atoms with E-state index in [4.69, 9.17) is 5.26 Å². The first-order chi connectivity index (χ1) is 4.99. The van der Waals surface area contributed by atoms with Crippen molar-refractivity contribution >= 4 is 5.97 Å². The standard InChI is InChI=1S/C7H7NO3/c1-7(2)5(9)4(3-8)6(10)11-7/h9H,1-2H3. The monoisotopic (exact) mass is 153 g/mol. The lowest BCUT2D eigenvalue weighted by Gasteiger charge is -2.15. The van der Waals surface area contributed by atoms with Crippen LogP contribution in [0.5, 0.6) is 0 Å². The zero-order valence-electron chi connectivity index (χ0n) is 6.21.